The third-order valence-electron chi connectivity index (χ3n) is 3.69. The molecule has 0 saturated heterocycles. The molecule has 1 N–H and O–H groups in total. The maximum Gasteiger partial charge on any atom is 0.321 e. The van der Waals surface area contributed by atoms with Gasteiger partial charge in [-0.25, -0.2) is 4.79 Å². The summed E-state index contributed by atoms with van der Waals surface area (Å²) in [5.41, 5.74) is 3.12. The van der Waals surface area contributed by atoms with Gasteiger partial charge in [-0.05, 0) is 62.3 Å². The monoisotopic (exact) mass is 338 g/mol. The molecule has 0 unspecified atom stereocenters. The second-order valence-corrected chi connectivity index (χ2v) is 6.65. The highest BCUT2D eigenvalue weighted by atomic mass is 79.9. The number of rotatable bonds is 5. The van der Waals surface area contributed by atoms with Crippen LogP contribution in [-0.4, -0.2) is 24.0 Å². The van der Waals surface area contributed by atoms with Gasteiger partial charge in [-0.3, -0.25) is 0 Å². The van der Waals surface area contributed by atoms with Crippen molar-refractivity contribution in [3.05, 3.63) is 27.7 Å². The molecular weight excluding hydrogens is 316 g/mol. The number of hydrogen-bond acceptors (Lipinski definition) is 1. The molecule has 0 bridgehead atoms. The molecule has 20 heavy (non-hydrogen) atoms. The van der Waals surface area contributed by atoms with Gasteiger partial charge in [0.1, 0.15) is 0 Å². The van der Waals surface area contributed by atoms with E-state index in [0.29, 0.717) is 0 Å². The Hall–Kier alpha value is -1.03. The molecule has 2 amide bonds. The summed E-state index contributed by atoms with van der Waals surface area (Å²) in [6.07, 6.45) is 3.53. The molecule has 3 nitrogen and oxygen atoms in total. The number of benzene rings is 1. The van der Waals surface area contributed by atoms with Crippen molar-refractivity contribution in [2.24, 2.45) is 5.92 Å². The van der Waals surface area contributed by atoms with Gasteiger partial charge in [-0.15, -0.1) is 0 Å². The van der Waals surface area contributed by atoms with Crippen molar-refractivity contribution in [1.29, 1.82) is 0 Å². The van der Waals surface area contributed by atoms with E-state index >= 15 is 0 Å². The average Bonchev–Trinajstić information content (AvgIpc) is 3.17. The predicted molar refractivity (Wildman–Crippen MR) is 87.2 cm³/mol. The second-order valence-electron chi connectivity index (χ2n) is 5.73. The molecular formula is C16H23BrN2O. The Morgan fingerprint density at radius 2 is 1.95 bits per heavy atom. The largest absolute Gasteiger partial charge is 0.324 e. The Bertz CT molecular complexity index is 474. The molecule has 0 heterocycles. The van der Waals surface area contributed by atoms with Crippen molar-refractivity contribution in [3.8, 4) is 0 Å². The smallest absolute Gasteiger partial charge is 0.321 e. The van der Waals surface area contributed by atoms with Crippen molar-refractivity contribution in [2.45, 2.75) is 40.0 Å². The van der Waals surface area contributed by atoms with Gasteiger partial charge in [0.25, 0.3) is 0 Å². The first-order chi connectivity index (χ1) is 9.51. The zero-order valence-electron chi connectivity index (χ0n) is 12.5. The van der Waals surface area contributed by atoms with Crippen LogP contribution in [0.3, 0.4) is 0 Å². The Kier molecular flexibility index (Phi) is 5.08. The fourth-order valence-corrected chi connectivity index (χ4v) is 3.14. The molecule has 1 aliphatic rings. The molecule has 1 fully saturated rings. The standard InChI is InChI=1S/C16H23BrN2O/c1-4-7-19(10-13-5-6-13)16(20)18-15-11(2)8-14(17)9-12(15)3/h8-9,13H,4-7,10H2,1-3H3,(H,18,20). The van der Waals surface area contributed by atoms with Gasteiger partial charge in [0, 0.05) is 23.2 Å². The van der Waals surface area contributed by atoms with Crippen LogP contribution in [0.5, 0.6) is 0 Å². The van der Waals surface area contributed by atoms with E-state index in [0.717, 1.165) is 46.7 Å². The maximum atomic E-state index is 12.5. The number of hydrogen-bond donors (Lipinski definition) is 1. The molecule has 0 spiro atoms. The Balaban J connectivity index is 2.08. The minimum atomic E-state index is 0.0345. The Morgan fingerprint density at radius 1 is 1.35 bits per heavy atom. The number of amides is 2. The number of carbonyl (C=O) groups excluding carboxylic acids is 1. The number of nitrogens with one attached hydrogen (secondary N) is 1. The van der Waals surface area contributed by atoms with Crippen LogP contribution in [0.15, 0.2) is 16.6 Å². The van der Waals surface area contributed by atoms with Crippen molar-refractivity contribution < 1.29 is 4.79 Å². The first kappa shape index (κ1) is 15.4. The summed E-state index contributed by atoms with van der Waals surface area (Å²) < 4.78 is 1.05. The van der Waals surface area contributed by atoms with Gasteiger partial charge in [-0.1, -0.05) is 22.9 Å². The van der Waals surface area contributed by atoms with Crippen LogP contribution in [0, 0.1) is 19.8 Å². The molecule has 1 aromatic carbocycles. The fraction of sp³-hybridized carbons (Fsp3) is 0.562. The van der Waals surface area contributed by atoms with E-state index in [4.69, 9.17) is 0 Å². The van der Waals surface area contributed by atoms with E-state index in [2.05, 4.69) is 28.2 Å². The van der Waals surface area contributed by atoms with E-state index in [1.165, 1.54) is 12.8 Å². The molecule has 0 aliphatic heterocycles. The van der Waals surface area contributed by atoms with Crippen LogP contribution in [-0.2, 0) is 0 Å². The average molecular weight is 339 g/mol. The van der Waals surface area contributed by atoms with Crippen molar-refractivity contribution in [3.63, 3.8) is 0 Å². The van der Waals surface area contributed by atoms with E-state index in [1.54, 1.807) is 0 Å². The number of anilines is 1. The highest BCUT2D eigenvalue weighted by Gasteiger charge is 2.26. The first-order valence-corrected chi connectivity index (χ1v) is 8.13. The van der Waals surface area contributed by atoms with Gasteiger partial charge < -0.3 is 10.2 Å². The van der Waals surface area contributed by atoms with Crippen molar-refractivity contribution in [1.82, 2.24) is 4.90 Å². The quantitative estimate of drug-likeness (QED) is 0.827. The zero-order valence-corrected chi connectivity index (χ0v) is 14.1. The molecule has 110 valence electrons. The van der Waals surface area contributed by atoms with Crippen LogP contribution in [0.4, 0.5) is 10.5 Å². The zero-order chi connectivity index (χ0) is 14.7. The number of aryl methyl sites for hydroxylation is 2. The molecule has 1 aromatic rings. The topological polar surface area (TPSA) is 32.3 Å². The molecule has 1 aliphatic carbocycles. The van der Waals surface area contributed by atoms with Gasteiger partial charge in [0.2, 0.25) is 0 Å². The summed E-state index contributed by atoms with van der Waals surface area (Å²) >= 11 is 3.49. The maximum absolute atomic E-state index is 12.5. The van der Waals surface area contributed by atoms with Crippen molar-refractivity contribution >= 4 is 27.6 Å². The first-order valence-electron chi connectivity index (χ1n) is 7.34. The lowest BCUT2D eigenvalue weighted by Crippen LogP contribution is -2.37. The van der Waals surface area contributed by atoms with E-state index in [9.17, 15) is 4.79 Å². The molecule has 0 atom stereocenters. The molecule has 4 heteroatoms. The lowest BCUT2D eigenvalue weighted by Gasteiger charge is -2.23. The van der Waals surface area contributed by atoms with E-state index in [-0.39, 0.29) is 6.03 Å². The molecule has 0 radical (unpaired) electrons. The van der Waals surface area contributed by atoms with Crippen molar-refractivity contribution in [2.75, 3.05) is 18.4 Å². The number of carbonyl (C=O) groups is 1. The van der Waals surface area contributed by atoms with E-state index < -0.39 is 0 Å². The lowest BCUT2D eigenvalue weighted by molar-refractivity contribution is 0.209. The number of urea groups is 1. The fourth-order valence-electron chi connectivity index (χ4n) is 2.45. The Labute approximate surface area is 129 Å². The minimum absolute atomic E-state index is 0.0345. The summed E-state index contributed by atoms with van der Waals surface area (Å²) in [5.74, 6) is 0.722. The normalized spacial score (nSPS) is 14.2. The van der Waals surface area contributed by atoms with Crippen LogP contribution >= 0.6 is 15.9 Å². The van der Waals surface area contributed by atoms with Gasteiger partial charge in [0.15, 0.2) is 0 Å². The molecule has 0 aromatic heterocycles. The second kappa shape index (κ2) is 6.61. The summed E-state index contributed by atoms with van der Waals surface area (Å²) in [6, 6.07) is 4.11. The minimum Gasteiger partial charge on any atom is -0.324 e. The van der Waals surface area contributed by atoms with Crippen LogP contribution < -0.4 is 5.32 Å². The van der Waals surface area contributed by atoms with Crippen LogP contribution in [0.2, 0.25) is 0 Å². The summed E-state index contributed by atoms with van der Waals surface area (Å²) in [6.45, 7) is 7.89. The van der Waals surface area contributed by atoms with E-state index in [1.807, 2.05) is 30.9 Å². The van der Waals surface area contributed by atoms with Crippen LogP contribution in [0.1, 0.15) is 37.3 Å². The lowest BCUT2D eigenvalue weighted by atomic mass is 10.1. The van der Waals surface area contributed by atoms with Gasteiger partial charge in [-0.2, -0.15) is 0 Å². The summed E-state index contributed by atoms with van der Waals surface area (Å²) in [4.78, 5) is 14.4. The number of nitrogens with zero attached hydrogens (tertiary/aromatic N) is 1. The molecule has 1 saturated carbocycles. The third-order valence-corrected chi connectivity index (χ3v) is 4.14. The predicted octanol–water partition coefficient (Wildman–Crippen LogP) is 4.72. The van der Waals surface area contributed by atoms with Gasteiger partial charge >= 0.3 is 6.03 Å². The number of halogens is 1. The van der Waals surface area contributed by atoms with Crippen LogP contribution in [0.25, 0.3) is 0 Å². The molecule has 2 rings (SSSR count). The van der Waals surface area contributed by atoms with Gasteiger partial charge in [0.05, 0.1) is 0 Å². The Morgan fingerprint density at radius 3 is 2.45 bits per heavy atom. The third kappa shape index (κ3) is 3.98. The highest BCUT2D eigenvalue weighted by molar-refractivity contribution is 9.10. The SMILES string of the molecule is CCCN(CC1CC1)C(=O)Nc1c(C)cc(Br)cc1C. The highest BCUT2D eigenvalue weighted by Crippen LogP contribution is 2.30. The summed E-state index contributed by atoms with van der Waals surface area (Å²) in [5, 5.41) is 3.09. The summed E-state index contributed by atoms with van der Waals surface area (Å²) in [7, 11) is 0.